The molecule has 0 aliphatic rings. The molecule has 3 nitrogen and oxygen atoms in total. The van der Waals surface area contributed by atoms with E-state index in [1.165, 1.54) is 0 Å². The minimum atomic E-state index is -1.08. The van der Waals surface area contributed by atoms with Crippen molar-refractivity contribution in [3.8, 4) is 0 Å². The largest absolute Gasteiger partial charge is 0.480 e. The molecule has 0 unspecified atom stereocenters. The lowest BCUT2D eigenvalue weighted by Gasteiger charge is -2.21. The molecule has 1 atom stereocenters. The maximum Gasteiger partial charge on any atom is 0.325 e. The Morgan fingerprint density at radius 1 is 1.44 bits per heavy atom. The fourth-order valence-corrected chi connectivity index (χ4v) is 1.62. The standard InChI is InChI=1S/C12H16ClNO2/c1-12(2,3)7-4-5-9(13)8(6-7)10(14)11(15)16/h4-6,10H,14H2,1-3H3,(H,15,16)/t10-/m0/s1. The van der Waals surface area contributed by atoms with Crippen LogP contribution in [0, 0.1) is 0 Å². The fraction of sp³-hybridized carbons (Fsp3) is 0.417. The summed E-state index contributed by atoms with van der Waals surface area (Å²) < 4.78 is 0. The molecule has 1 rings (SSSR count). The molecule has 88 valence electrons. The number of benzene rings is 1. The van der Waals surface area contributed by atoms with E-state index in [1.807, 2.05) is 26.8 Å². The van der Waals surface area contributed by atoms with Crippen LogP contribution in [-0.2, 0) is 10.2 Å². The van der Waals surface area contributed by atoms with Crippen molar-refractivity contribution in [1.29, 1.82) is 0 Å². The Balaban J connectivity index is 3.24. The zero-order valence-corrected chi connectivity index (χ0v) is 10.4. The number of hydrogen-bond donors (Lipinski definition) is 2. The van der Waals surface area contributed by atoms with E-state index in [0.717, 1.165) is 5.56 Å². The number of halogens is 1. The Kier molecular flexibility index (Phi) is 3.61. The third-order valence-electron chi connectivity index (χ3n) is 2.46. The zero-order valence-electron chi connectivity index (χ0n) is 9.62. The maximum absolute atomic E-state index is 10.8. The highest BCUT2D eigenvalue weighted by atomic mass is 35.5. The van der Waals surface area contributed by atoms with Crippen molar-refractivity contribution < 1.29 is 9.90 Å². The van der Waals surface area contributed by atoms with Crippen LogP contribution in [0.15, 0.2) is 18.2 Å². The van der Waals surface area contributed by atoms with Crippen LogP contribution < -0.4 is 5.73 Å². The van der Waals surface area contributed by atoms with Gasteiger partial charge in [0.25, 0.3) is 0 Å². The van der Waals surface area contributed by atoms with E-state index in [1.54, 1.807) is 12.1 Å². The van der Waals surface area contributed by atoms with Gasteiger partial charge in [-0.2, -0.15) is 0 Å². The summed E-state index contributed by atoms with van der Waals surface area (Å²) in [4.78, 5) is 10.8. The van der Waals surface area contributed by atoms with Crippen LogP contribution in [0.1, 0.15) is 37.9 Å². The third-order valence-corrected chi connectivity index (χ3v) is 2.81. The number of carboxylic acids is 1. The van der Waals surface area contributed by atoms with Gasteiger partial charge in [-0.1, -0.05) is 44.5 Å². The Bertz CT molecular complexity index is 410. The van der Waals surface area contributed by atoms with Crippen LogP contribution in [0.2, 0.25) is 5.02 Å². The van der Waals surface area contributed by atoms with E-state index in [-0.39, 0.29) is 5.41 Å². The molecule has 0 bridgehead atoms. The molecular weight excluding hydrogens is 226 g/mol. The molecule has 16 heavy (non-hydrogen) atoms. The monoisotopic (exact) mass is 241 g/mol. The Morgan fingerprint density at radius 2 is 2.00 bits per heavy atom. The molecule has 0 heterocycles. The number of carboxylic acid groups (broad SMARTS) is 1. The van der Waals surface area contributed by atoms with Gasteiger partial charge in [0.2, 0.25) is 0 Å². The molecule has 4 heteroatoms. The van der Waals surface area contributed by atoms with Gasteiger partial charge < -0.3 is 10.8 Å². The summed E-state index contributed by atoms with van der Waals surface area (Å²) in [6, 6.07) is 4.27. The highest BCUT2D eigenvalue weighted by Gasteiger charge is 2.21. The number of rotatable bonds is 2. The van der Waals surface area contributed by atoms with Crippen molar-refractivity contribution in [1.82, 2.24) is 0 Å². The first-order chi connectivity index (χ1) is 7.23. The summed E-state index contributed by atoms with van der Waals surface area (Å²) in [5.41, 5.74) is 6.99. The minimum absolute atomic E-state index is 0.0580. The van der Waals surface area contributed by atoms with E-state index in [9.17, 15) is 4.79 Å². The first-order valence-corrected chi connectivity index (χ1v) is 5.39. The SMILES string of the molecule is CC(C)(C)c1ccc(Cl)c([C@H](N)C(=O)O)c1. The summed E-state index contributed by atoms with van der Waals surface area (Å²) in [7, 11) is 0. The van der Waals surface area contributed by atoms with E-state index in [4.69, 9.17) is 22.4 Å². The van der Waals surface area contributed by atoms with Gasteiger partial charge in [0.15, 0.2) is 0 Å². The average Bonchev–Trinajstić information content (AvgIpc) is 2.15. The second-order valence-corrected chi connectivity index (χ2v) is 5.21. The number of hydrogen-bond acceptors (Lipinski definition) is 2. The van der Waals surface area contributed by atoms with Gasteiger partial charge in [-0.15, -0.1) is 0 Å². The van der Waals surface area contributed by atoms with Crippen LogP contribution in [-0.4, -0.2) is 11.1 Å². The van der Waals surface area contributed by atoms with Gasteiger partial charge in [0.1, 0.15) is 6.04 Å². The Hall–Kier alpha value is -1.06. The number of carbonyl (C=O) groups is 1. The van der Waals surface area contributed by atoms with Gasteiger partial charge in [-0.3, -0.25) is 4.79 Å². The highest BCUT2D eigenvalue weighted by molar-refractivity contribution is 6.31. The highest BCUT2D eigenvalue weighted by Crippen LogP contribution is 2.29. The molecule has 0 radical (unpaired) electrons. The summed E-state index contributed by atoms with van der Waals surface area (Å²) in [5.74, 6) is -1.08. The zero-order chi connectivity index (χ0) is 12.5. The molecule has 0 fully saturated rings. The van der Waals surface area contributed by atoms with Crippen molar-refractivity contribution >= 4 is 17.6 Å². The van der Waals surface area contributed by atoms with Crippen LogP contribution in [0.5, 0.6) is 0 Å². The first-order valence-electron chi connectivity index (χ1n) is 5.02. The maximum atomic E-state index is 10.8. The molecular formula is C12H16ClNO2. The van der Waals surface area contributed by atoms with Crippen LogP contribution in [0.3, 0.4) is 0 Å². The summed E-state index contributed by atoms with van der Waals surface area (Å²) in [6.45, 7) is 6.14. The number of nitrogens with two attached hydrogens (primary N) is 1. The normalized spacial score (nSPS) is 13.6. The van der Waals surface area contributed by atoms with Crippen molar-refractivity contribution in [2.24, 2.45) is 5.73 Å². The van der Waals surface area contributed by atoms with Gasteiger partial charge >= 0.3 is 5.97 Å². The molecule has 0 amide bonds. The smallest absolute Gasteiger partial charge is 0.325 e. The van der Waals surface area contributed by atoms with Crippen molar-refractivity contribution in [2.75, 3.05) is 0 Å². The second kappa shape index (κ2) is 4.44. The minimum Gasteiger partial charge on any atom is -0.480 e. The topological polar surface area (TPSA) is 63.3 Å². The predicted molar refractivity (Wildman–Crippen MR) is 64.7 cm³/mol. The lowest BCUT2D eigenvalue weighted by Crippen LogP contribution is -2.22. The van der Waals surface area contributed by atoms with E-state index in [2.05, 4.69) is 0 Å². The summed E-state index contributed by atoms with van der Waals surface area (Å²) in [5, 5.41) is 9.26. The number of aliphatic carboxylic acids is 1. The van der Waals surface area contributed by atoms with Crippen LogP contribution in [0.4, 0.5) is 0 Å². The van der Waals surface area contributed by atoms with E-state index in [0.29, 0.717) is 10.6 Å². The van der Waals surface area contributed by atoms with Gasteiger partial charge in [0, 0.05) is 5.02 Å². The molecule has 0 aliphatic carbocycles. The average molecular weight is 242 g/mol. The Morgan fingerprint density at radius 3 is 2.44 bits per heavy atom. The first kappa shape index (κ1) is 13.0. The summed E-state index contributed by atoms with van der Waals surface area (Å²) in [6.07, 6.45) is 0. The van der Waals surface area contributed by atoms with Crippen molar-refractivity contribution in [2.45, 2.75) is 32.2 Å². The van der Waals surface area contributed by atoms with Gasteiger partial charge in [-0.05, 0) is 22.6 Å². The van der Waals surface area contributed by atoms with Crippen LogP contribution >= 0.6 is 11.6 Å². The van der Waals surface area contributed by atoms with E-state index < -0.39 is 12.0 Å². The second-order valence-electron chi connectivity index (χ2n) is 4.80. The molecule has 0 saturated carbocycles. The molecule has 1 aromatic rings. The summed E-state index contributed by atoms with van der Waals surface area (Å²) >= 11 is 5.94. The molecule has 1 aromatic carbocycles. The van der Waals surface area contributed by atoms with E-state index >= 15 is 0 Å². The lowest BCUT2D eigenvalue weighted by atomic mass is 9.85. The van der Waals surface area contributed by atoms with Gasteiger partial charge in [-0.25, -0.2) is 0 Å². The molecule has 0 aromatic heterocycles. The molecule has 0 aliphatic heterocycles. The van der Waals surface area contributed by atoms with Crippen LogP contribution in [0.25, 0.3) is 0 Å². The predicted octanol–water partition coefficient (Wildman–Crippen LogP) is 2.72. The quantitative estimate of drug-likeness (QED) is 0.837. The third kappa shape index (κ3) is 2.74. The van der Waals surface area contributed by atoms with Gasteiger partial charge in [0.05, 0.1) is 0 Å². The fourth-order valence-electron chi connectivity index (χ4n) is 1.38. The van der Waals surface area contributed by atoms with Crippen molar-refractivity contribution in [3.05, 3.63) is 34.3 Å². The molecule has 0 spiro atoms. The van der Waals surface area contributed by atoms with Crippen molar-refractivity contribution in [3.63, 3.8) is 0 Å². The lowest BCUT2D eigenvalue weighted by molar-refractivity contribution is -0.138. The molecule has 3 N–H and O–H groups in total. The molecule has 0 saturated heterocycles. The Labute approximate surface area is 100 Å².